The van der Waals surface area contributed by atoms with Crippen LogP contribution in [0.1, 0.15) is 34.2 Å². The van der Waals surface area contributed by atoms with Gasteiger partial charge >= 0.3 is 0 Å². The van der Waals surface area contributed by atoms with Crippen molar-refractivity contribution in [3.8, 4) is 11.3 Å². The van der Waals surface area contributed by atoms with Gasteiger partial charge in [-0.05, 0) is 33.9 Å². The lowest BCUT2D eigenvalue weighted by molar-refractivity contribution is -0.133. The Kier molecular flexibility index (Phi) is 7.58. The molecular weight excluding hydrogens is 540 g/mol. The highest BCUT2D eigenvalue weighted by atomic mass is 16.5. The summed E-state index contributed by atoms with van der Waals surface area (Å²) in [5.41, 5.74) is 7.40. The summed E-state index contributed by atoms with van der Waals surface area (Å²) in [6.45, 7) is 0.435. The van der Waals surface area contributed by atoms with Gasteiger partial charge in [0, 0.05) is 23.8 Å². The standard InChI is InChI=1S/C40H32N2O2/c43-39-32(26-38(39)44-28-30-15-5-1-6-16-30)25-31-17-13-14-24-36(31)37-27-42(29-41-37)40(33-18-7-2-8-19-33,34-20-9-3-10-21-34)35-22-11-4-12-23-35/h1-25,27,29,38H,26,28H2. The molecule has 0 spiro atoms. The van der Waals surface area contributed by atoms with Crippen LogP contribution in [-0.2, 0) is 21.7 Å². The van der Waals surface area contributed by atoms with Crippen LogP contribution in [0.4, 0.5) is 0 Å². The third-order valence-electron chi connectivity index (χ3n) is 8.42. The van der Waals surface area contributed by atoms with Gasteiger partial charge in [0.1, 0.15) is 11.6 Å². The van der Waals surface area contributed by atoms with E-state index in [0.29, 0.717) is 13.0 Å². The molecule has 1 aliphatic carbocycles. The number of Topliss-reactive ketones (excluding diaryl/α,β-unsaturated/α-hetero) is 1. The summed E-state index contributed by atoms with van der Waals surface area (Å²) >= 11 is 0. The molecule has 44 heavy (non-hydrogen) atoms. The van der Waals surface area contributed by atoms with Gasteiger partial charge in [0.25, 0.3) is 0 Å². The van der Waals surface area contributed by atoms with E-state index in [0.717, 1.165) is 44.6 Å². The molecule has 4 nitrogen and oxygen atoms in total. The van der Waals surface area contributed by atoms with Crippen molar-refractivity contribution < 1.29 is 9.53 Å². The van der Waals surface area contributed by atoms with Gasteiger partial charge in [0.2, 0.25) is 0 Å². The normalized spacial score (nSPS) is 15.7. The first-order valence-electron chi connectivity index (χ1n) is 14.9. The van der Waals surface area contributed by atoms with Crippen LogP contribution in [-0.4, -0.2) is 21.4 Å². The first-order chi connectivity index (χ1) is 21.7. The molecule has 1 aliphatic rings. The largest absolute Gasteiger partial charge is 0.365 e. The number of carbonyl (C=O) groups is 1. The molecule has 0 aliphatic heterocycles. The number of hydrogen-bond donors (Lipinski definition) is 0. The van der Waals surface area contributed by atoms with E-state index in [1.54, 1.807) is 0 Å². The topological polar surface area (TPSA) is 44.1 Å². The van der Waals surface area contributed by atoms with E-state index < -0.39 is 11.6 Å². The molecule has 0 bridgehead atoms. The zero-order chi connectivity index (χ0) is 29.8. The Hall–Kier alpha value is -5.32. The molecule has 4 heteroatoms. The second-order valence-electron chi connectivity index (χ2n) is 11.1. The summed E-state index contributed by atoms with van der Waals surface area (Å²) in [7, 11) is 0. The first kappa shape index (κ1) is 27.5. The maximum Gasteiger partial charge on any atom is 0.188 e. The Morgan fingerprint density at radius 1 is 0.705 bits per heavy atom. The number of aromatic nitrogens is 2. The van der Waals surface area contributed by atoms with Gasteiger partial charge in [-0.2, -0.15) is 0 Å². The minimum Gasteiger partial charge on any atom is -0.365 e. The SMILES string of the molecule is O=C1C(=Cc2ccccc2-c2cn(C(c3ccccc3)(c3ccccc3)c3ccccc3)cn2)CC1OCc1ccccc1. The van der Waals surface area contributed by atoms with E-state index in [9.17, 15) is 4.79 Å². The van der Waals surface area contributed by atoms with Gasteiger partial charge < -0.3 is 9.30 Å². The van der Waals surface area contributed by atoms with Crippen molar-refractivity contribution in [2.45, 2.75) is 24.7 Å². The minimum atomic E-state index is -0.643. The Morgan fingerprint density at radius 3 is 1.80 bits per heavy atom. The Balaban J connectivity index is 1.25. The van der Waals surface area contributed by atoms with Crippen molar-refractivity contribution in [3.05, 3.63) is 192 Å². The van der Waals surface area contributed by atoms with Crippen LogP contribution in [0.3, 0.4) is 0 Å². The van der Waals surface area contributed by atoms with Crippen molar-refractivity contribution in [2.75, 3.05) is 0 Å². The molecule has 7 rings (SSSR count). The number of nitrogens with zero attached hydrogens (tertiary/aromatic N) is 2. The van der Waals surface area contributed by atoms with Crippen LogP contribution in [0.25, 0.3) is 17.3 Å². The van der Waals surface area contributed by atoms with E-state index in [4.69, 9.17) is 9.72 Å². The average Bonchev–Trinajstić information content (AvgIpc) is 3.59. The lowest BCUT2D eigenvalue weighted by Crippen LogP contribution is -2.37. The molecule has 0 radical (unpaired) electrons. The van der Waals surface area contributed by atoms with Crippen molar-refractivity contribution in [1.29, 1.82) is 0 Å². The van der Waals surface area contributed by atoms with Gasteiger partial charge in [-0.15, -0.1) is 0 Å². The zero-order valence-corrected chi connectivity index (χ0v) is 24.3. The van der Waals surface area contributed by atoms with Crippen LogP contribution >= 0.6 is 0 Å². The third kappa shape index (κ3) is 5.10. The van der Waals surface area contributed by atoms with Crippen molar-refractivity contribution in [1.82, 2.24) is 9.55 Å². The second kappa shape index (κ2) is 12.1. The Bertz CT molecular complexity index is 1800. The summed E-state index contributed by atoms with van der Waals surface area (Å²) in [5.74, 6) is 0.0533. The van der Waals surface area contributed by atoms with Crippen LogP contribution in [0.5, 0.6) is 0 Å². The predicted molar refractivity (Wildman–Crippen MR) is 175 cm³/mol. The summed E-state index contributed by atoms with van der Waals surface area (Å²) in [6, 6.07) is 49.8. The molecule has 1 heterocycles. The van der Waals surface area contributed by atoms with E-state index in [1.807, 2.05) is 79.1 Å². The molecule has 6 aromatic rings. The number of hydrogen-bond acceptors (Lipinski definition) is 3. The fourth-order valence-corrected chi connectivity index (χ4v) is 6.18. The molecule has 1 fully saturated rings. The van der Waals surface area contributed by atoms with Crippen molar-refractivity contribution >= 4 is 11.9 Å². The lowest BCUT2D eigenvalue weighted by Gasteiger charge is -2.37. The quantitative estimate of drug-likeness (QED) is 0.129. The van der Waals surface area contributed by atoms with Crippen LogP contribution < -0.4 is 0 Å². The number of ether oxygens (including phenoxy) is 1. The van der Waals surface area contributed by atoms with Gasteiger partial charge in [0.15, 0.2) is 5.78 Å². The lowest BCUT2D eigenvalue weighted by atomic mass is 9.76. The third-order valence-corrected chi connectivity index (χ3v) is 8.42. The average molecular weight is 573 g/mol. The van der Waals surface area contributed by atoms with Crippen LogP contribution in [0.2, 0.25) is 0 Å². The monoisotopic (exact) mass is 572 g/mol. The molecule has 1 saturated carbocycles. The van der Waals surface area contributed by atoms with E-state index >= 15 is 0 Å². The van der Waals surface area contributed by atoms with Crippen LogP contribution in [0, 0.1) is 0 Å². The number of ketones is 1. The molecule has 214 valence electrons. The van der Waals surface area contributed by atoms with Gasteiger partial charge in [0.05, 0.1) is 18.6 Å². The maximum absolute atomic E-state index is 13.0. The highest BCUT2D eigenvalue weighted by Gasteiger charge is 2.39. The number of imidazole rings is 1. The van der Waals surface area contributed by atoms with Gasteiger partial charge in [-0.1, -0.05) is 146 Å². The Labute approximate surface area is 257 Å². The molecule has 1 atom stereocenters. The van der Waals surface area contributed by atoms with Crippen molar-refractivity contribution in [3.63, 3.8) is 0 Å². The molecule has 0 N–H and O–H groups in total. The number of rotatable bonds is 9. The fraction of sp³-hybridized carbons (Fsp3) is 0.100. The maximum atomic E-state index is 13.0. The first-order valence-corrected chi connectivity index (χ1v) is 14.9. The fourth-order valence-electron chi connectivity index (χ4n) is 6.18. The predicted octanol–water partition coefficient (Wildman–Crippen LogP) is 8.33. The summed E-state index contributed by atoms with van der Waals surface area (Å²) in [6.07, 6.45) is 6.26. The molecular formula is C40H32N2O2. The Morgan fingerprint density at radius 2 is 1.23 bits per heavy atom. The molecule has 0 saturated heterocycles. The van der Waals surface area contributed by atoms with Gasteiger partial charge in [-0.25, -0.2) is 4.98 Å². The highest BCUT2D eigenvalue weighted by molar-refractivity contribution is 6.09. The molecule has 1 aromatic heterocycles. The summed E-state index contributed by atoms with van der Waals surface area (Å²) in [4.78, 5) is 18.0. The molecule has 0 amide bonds. The number of carbonyl (C=O) groups excluding carboxylic acids is 1. The second-order valence-corrected chi connectivity index (χ2v) is 11.1. The molecule has 1 unspecified atom stereocenters. The molecule has 5 aromatic carbocycles. The highest BCUT2D eigenvalue weighted by Crippen LogP contribution is 2.42. The summed E-state index contributed by atoms with van der Waals surface area (Å²) in [5, 5.41) is 0. The minimum absolute atomic E-state index is 0.0533. The van der Waals surface area contributed by atoms with Gasteiger partial charge in [-0.3, -0.25) is 4.79 Å². The smallest absolute Gasteiger partial charge is 0.188 e. The number of benzene rings is 5. The zero-order valence-electron chi connectivity index (χ0n) is 24.3. The van der Waals surface area contributed by atoms with E-state index in [2.05, 4.69) is 89.6 Å². The van der Waals surface area contributed by atoms with E-state index in [-0.39, 0.29) is 5.78 Å². The van der Waals surface area contributed by atoms with Crippen molar-refractivity contribution in [2.24, 2.45) is 0 Å². The summed E-state index contributed by atoms with van der Waals surface area (Å²) < 4.78 is 8.14. The van der Waals surface area contributed by atoms with Crippen LogP contribution in [0.15, 0.2) is 164 Å². The van der Waals surface area contributed by atoms with E-state index in [1.165, 1.54) is 0 Å².